The zero-order valence-electron chi connectivity index (χ0n) is 35.2. The van der Waals surface area contributed by atoms with Gasteiger partial charge in [0.1, 0.15) is 22.9 Å². The third kappa shape index (κ3) is 13.8. The maximum absolute atomic E-state index is 13.8. The van der Waals surface area contributed by atoms with E-state index in [1.165, 1.54) is 25.3 Å². The molecule has 20 heteroatoms. The minimum Gasteiger partial charge on any atom is -0.490 e. The predicted molar refractivity (Wildman–Crippen MR) is 217 cm³/mol. The largest absolute Gasteiger partial charge is 0.490 e. The Balaban J connectivity index is 1.43. The summed E-state index contributed by atoms with van der Waals surface area (Å²) in [6.45, 7) is 18.1. The number of esters is 1. The molecule has 3 atom stereocenters. The number of rotatable bonds is 19. The quantitative estimate of drug-likeness (QED) is 0.0436. The van der Waals surface area contributed by atoms with Gasteiger partial charge in [0.25, 0.3) is 11.8 Å². The topological polar surface area (TPSA) is 243 Å². The van der Waals surface area contributed by atoms with E-state index in [-0.39, 0.29) is 29.4 Å². The first-order valence-electron chi connectivity index (χ1n) is 19.4. The van der Waals surface area contributed by atoms with Crippen LogP contribution in [0.2, 0.25) is 0 Å². The number of aromatic nitrogens is 2. The van der Waals surface area contributed by atoms with E-state index in [9.17, 15) is 24.0 Å². The van der Waals surface area contributed by atoms with Crippen LogP contribution in [0.3, 0.4) is 0 Å². The zero-order valence-corrected chi connectivity index (χ0v) is 36.0. The molecule has 0 bridgehead atoms. The fraction of sp³-hybridized carbons (Fsp3) is 0.590. The summed E-state index contributed by atoms with van der Waals surface area (Å²) >= 11 is 1.11. The Bertz CT molecular complexity index is 1900. The molecular formula is C39H56N8O11S. The Labute approximate surface area is 347 Å². The van der Waals surface area contributed by atoms with Crippen molar-refractivity contribution in [3.63, 3.8) is 0 Å². The van der Waals surface area contributed by atoms with E-state index in [0.29, 0.717) is 30.4 Å². The van der Waals surface area contributed by atoms with Crippen molar-refractivity contribution in [1.29, 1.82) is 0 Å². The highest BCUT2D eigenvalue weighted by molar-refractivity contribution is 8.03. The van der Waals surface area contributed by atoms with Gasteiger partial charge >= 0.3 is 12.1 Å². The lowest BCUT2D eigenvalue weighted by atomic mass is 9.98. The van der Waals surface area contributed by atoms with Gasteiger partial charge in [-0.3, -0.25) is 24.7 Å². The summed E-state index contributed by atoms with van der Waals surface area (Å²) in [6.07, 6.45) is 4.50. The highest BCUT2D eigenvalue weighted by atomic mass is 32.2. The van der Waals surface area contributed by atoms with Gasteiger partial charge in [0.2, 0.25) is 17.3 Å². The van der Waals surface area contributed by atoms with Crippen LogP contribution in [0.15, 0.2) is 39.1 Å². The number of nitrogens with one attached hydrogen (secondary N) is 5. The second kappa shape index (κ2) is 20.0. The van der Waals surface area contributed by atoms with E-state index in [1.807, 2.05) is 0 Å². The molecule has 324 valence electrons. The lowest BCUT2D eigenvalue weighted by molar-refractivity contribution is -0.179. The van der Waals surface area contributed by atoms with Crippen molar-refractivity contribution in [3.8, 4) is 22.9 Å². The fourth-order valence-electron chi connectivity index (χ4n) is 4.98. The minimum atomic E-state index is -1.63. The number of carbonyl (C=O) groups excluding carboxylic acids is 5. The highest BCUT2D eigenvalue weighted by Crippen LogP contribution is 2.31. The van der Waals surface area contributed by atoms with E-state index in [2.05, 4.69) is 55.7 Å². The first-order valence-corrected chi connectivity index (χ1v) is 20.4. The molecule has 0 aliphatic carbocycles. The molecule has 5 N–H and O–H groups in total. The van der Waals surface area contributed by atoms with Crippen molar-refractivity contribution in [3.05, 3.63) is 35.2 Å². The summed E-state index contributed by atoms with van der Waals surface area (Å²) < 4.78 is 27.9. The van der Waals surface area contributed by atoms with Crippen LogP contribution in [0.1, 0.15) is 105 Å². The number of thioether (sulfide) groups is 1. The predicted octanol–water partition coefficient (Wildman–Crippen LogP) is 4.29. The summed E-state index contributed by atoms with van der Waals surface area (Å²) in [4.78, 5) is 74.9. The molecule has 0 saturated carbocycles. The standard InChI is InChI=1S/C39H56N8O11S/c1-11-13-15-53-26-17-22(40-20-28(26)54-16-14-12-2)23-18-27(57-46-23)31(48)41-19-24-29(32(49)42-24)44-33(50)30(47-58-39(9,10)34(51)55-37(3,4)5)25-21-59-35(43-25)45-36(52)56-38(6,7)8/h17-18,20-21,24,29,35,43H,11-16,19H2,1-10H3,(H,41,48)(H,42,49)(H,44,50)(H,45,52)/b47-30-/t24-,29+,35?/m1/s1. The number of hydrogen-bond donors (Lipinski definition) is 5. The van der Waals surface area contributed by atoms with Crippen LogP contribution in [0, 0.1) is 0 Å². The number of ether oxygens (including phenoxy) is 4. The maximum atomic E-state index is 13.8. The minimum absolute atomic E-state index is 0.101. The molecule has 0 aromatic carbocycles. The molecule has 1 unspecified atom stereocenters. The number of β-lactam (4-membered cyclic amide) rings is 1. The van der Waals surface area contributed by atoms with Gasteiger partial charge in [-0.1, -0.05) is 48.8 Å². The molecule has 0 spiro atoms. The van der Waals surface area contributed by atoms with Gasteiger partial charge in [0.05, 0.1) is 36.8 Å². The van der Waals surface area contributed by atoms with Gasteiger partial charge in [-0.05, 0) is 68.2 Å². The van der Waals surface area contributed by atoms with E-state index < -0.39 is 64.2 Å². The van der Waals surface area contributed by atoms with Gasteiger partial charge in [-0.2, -0.15) is 0 Å². The summed E-state index contributed by atoms with van der Waals surface area (Å²) in [5, 5.41) is 23.1. The molecule has 59 heavy (non-hydrogen) atoms. The first kappa shape index (κ1) is 46.2. The molecule has 1 saturated heterocycles. The van der Waals surface area contributed by atoms with Gasteiger partial charge in [0, 0.05) is 24.1 Å². The summed E-state index contributed by atoms with van der Waals surface area (Å²) in [5.74, 6) is -1.85. The van der Waals surface area contributed by atoms with Gasteiger partial charge < -0.3 is 49.6 Å². The van der Waals surface area contributed by atoms with Crippen LogP contribution in [0.5, 0.6) is 11.5 Å². The van der Waals surface area contributed by atoms with Crippen molar-refractivity contribution >= 4 is 47.3 Å². The van der Waals surface area contributed by atoms with E-state index in [4.69, 9.17) is 28.3 Å². The molecule has 19 nitrogen and oxygen atoms in total. The first-order chi connectivity index (χ1) is 27.7. The zero-order chi connectivity index (χ0) is 43.5. The Morgan fingerprint density at radius 1 is 0.881 bits per heavy atom. The van der Waals surface area contributed by atoms with E-state index in [0.717, 1.165) is 37.4 Å². The number of nitrogens with zero attached hydrogens (tertiary/aromatic N) is 3. The van der Waals surface area contributed by atoms with Crippen molar-refractivity contribution in [1.82, 2.24) is 36.7 Å². The van der Waals surface area contributed by atoms with E-state index >= 15 is 0 Å². The second-order valence-corrected chi connectivity index (χ2v) is 17.1. The second-order valence-electron chi connectivity index (χ2n) is 16.2. The highest BCUT2D eigenvalue weighted by Gasteiger charge is 2.42. The normalized spacial score (nSPS) is 18.0. The Morgan fingerprint density at radius 3 is 2.17 bits per heavy atom. The Hall–Kier alpha value is -5.53. The van der Waals surface area contributed by atoms with Crippen LogP contribution in [0.4, 0.5) is 4.79 Å². The molecule has 2 aliphatic heterocycles. The summed E-state index contributed by atoms with van der Waals surface area (Å²) in [7, 11) is 0. The average Bonchev–Trinajstić information content (AvgIpc) is 3.82. The molecule has 0 radical (unpaired) electrons. The van der Waals surface area contributed by atoms with Crippen molar-refractivity contribution in [2.45, 2.75) is 129 Å². The number of amides is 4. The number of hydrogen-bond acceptors (Lipinski definition) is 16. The molecule has 4 heterocycles. The van der Waals surface area contributed by atoms with E-state index in [1.54, 1.807) is 53.8 Å². The molecule has 2 aromatic rings. The van der Waals surface area contributed by atoms with Crippen molar-refractivity contribution in [2.75, 3.05) is 19.8 Å². The van der Waals surface area contributed by atoms with Crippen LogP contribution in [0.25, 0.3) is 11.4 Å². The molecular weight excluding hydrogens is 789 g/mol. The third-order valence-corrected chi connectivity index (χ3v) is 8.98. The summed E-state index contributed by atoms with van der Waals surface area (Å²) in [5.41, 5.74) is -3.50. The van der Waals surface area contributed by atoms with Crippen LogP contribution in [-0.4, -0.2) is 99.8 Å². The van der Waals surface area contributed by atoms with Gasteiger partial charge in [-0.25, -0.2) is 9.59 Å². The fourth-order valence-corrected chi connectivity index (χ4v) is 5.79. The van der Waals surface area contributed by atoms with Gasteiger partial charge in [0.15, 0.2) is 22.7 Å². The lowest BCUT2D eigenvalue weighted by Gasteiger charge is -2.37. The third-order valence-electron chi connectivity index (χ3n) is 8.10. The number of carbonyl (C=O) groups is 5. The SMILES string of the molecule is CCCCOc1cnc(-c2cc(C(=O)NC[C@H]3NC(=O)[C@H]3NC(=O)/C(=N\OC(C)(C)C(=O)OC(C)(C)C)C3=CSC(NC(=O)OC(C)(C)C)N3)on2)cc1OCCCC. The van der Waals surface area contributed by atoms with Crippen LogP contribution in [-0.2, 0) is 28.7 Å². The Kier molecular flexibility index (Phi) is 15.6. The van der Waals surface area contributed by atoms with Crippen LogP contribution < -0.4 is 36.1 Å². The summed E-state index contributed by atoms with van der Waals surface area (Å²) in [6, 6.07) is 1.28. The number of unbranched alkanes of at least 4 members (excludes halogenated alkanes) is 2. The maximum Gasteiger partial charge on any atom is 0.409 e. The van der Waals surface area contributed by atoms with Crippen molar-refractivity contribution in [2.24, 2.45) is 5.16 Å². The number of oxime groups is 1. The smallest absolute Gasteiger partial charge is 0.409 e. The van der Waals surface area contributed by atoms with Crippen LogP contribution >= 0.6 is 11.8 Å². The molecule has 2 aliphatic rings. The number of pyridine rings is 1. The Morgan fingerprint density at radius 2 is 1.54 bits per heavy atom. The molecule has 1 fully saturated rings. The van der Waals surface area contributed by atoms with Gasteiger partial charge in [-0.15, -0.1) is 0 Å². The lowest BCUT2D eigenvalue weighted by Crippen LogP contribution is -2.72. The monoisotopic (exact) mass is 844 g/mol. The number of alkyl carbamates (subject to hydrolysis) is 1. The van der Waals surface area contributed by atoms with Crippen molar-refractivity contribution < 1.29 is 52.3 Å². The molecule has 2 aromatic heterocycles. The molecule has 4 amide bonds. The molecule has 4 rings (SSSR count). The average molecular weight is 845 g/mol.